The van der Waals surface area contributed by atoms with Crippen LogP contribution in [0.4, 0.5) is 0 Å². The molecule has 25 heavy (non-hydrogen) atoms. The number of rotatable bonds is 9. The van der Waals surface area contributed by atoms with Crippen LogP contribution in [0.5, 0.6) is 0 Å². The Morgan fingerprint density at radius 2 is 1.96 bits per heavy atom. The highest BCUT2D eigenvalue weighted by molar-refractivity contribution is 7.98. The molecule has 1 rings (SSSR count). The van der Waals surface area contributed by atoms with Gasteiger partial charge in [-0.1, -0.05) is 19.1 Å². The monoisotopic (exact) mass is 364 g/mol. The summed E-state index contributed by atoms with van der Waals surface area (Å²) in [5.41, 5.74) is 1.24. The summed E-state index contributed by atoms with van der Waals surface area (Å²) < 4.78 is 0. The van der Waals surface area contributed by atoms with Crippen LogP contribution >= 0.6 is 11.8 Å². The first kappa shape index (κ1) is 21.4. The van der Waals surface area contributed by atoms with Crippen LogP contribution in [-0.4, -0.2) is 49.2 Å². The van der Waals surface area contributed by atoms with Gasteiger partial charge in [-0.15, -0.1) is 11.8 Å². The Kier molecular flexibility index (Phi) is 10.1. The number of nitrogens with one attached hydrogen (secondary N) is 2. The van der Waals surface area contributed by atoms with Crippen molar-refractivity contribution in [3.05, 3.63) is 29.8 Å². The van der Waals surface area contributed by atoms with Crippen LogP contribution in [0, 0.1) is 0 Å². The summed E-state index contributed by atoms with van der Waals surface area (Å²) in [6.07, 6.45) is 3.43. The predicted molar refractivity (Wildman–Crippen MR) is 108 cm³/mol. The van der Waals surface area contributed by atoms with Gasteiger partial charge in [-0.2, -0.15) is 0 Å². The van der Waals surface area contributed by atoms with Crippen LogP contribution in [0.25, 0.3) is 0 Å². The maximum absolute atomic E-state index is 11.9. The van der Waals surface area contributed by atoms with Crippen molar-refractivity contribution in [1.82, 2.24) is 15.5 Å². The molecule has 1 aromatic carbocycles. The number of amides is 1. The molecule has 0 saturated carbocycles. The molecule has 0 spiro atoms. The van der Waals surface area contributed by atoms with Crippen molar-refractivity contribution in [2.45, 2.75) is 51.1 Å². The van der Waals surface area contributed by atoms with Crippen LogP contribution < -0.4 is 10.6 Å². The number of benzene rings is 1. The van der Waals surface area contributed by atoms with Crippen molar-refractivity contribution in [2.24, 2.45) is 4.99 Å². The van der Waals surface area contributed by atoms with Gasteiger partial charge in [0.1, 0.15) is 0 Å². The third kappa shape index (κ3) is 8.29. The molecule has 0 saturated heterocycles. The first-order valence-corrected chi connectivity index (χ1v) is 10.1. The van der Waals surface area contributed by atoms with E-state index in [2.05, 4.69) is 58.0 Å². The quantitative estimate of drug-likeness (QED) is 0.402. The molecule has 1 amide bonds. The summed E-state index contributed by atoms with van der Waals surface area (Å²) in [5.74, 6) is 0.886. The highest BCUT2D eigenvalue weighted by Gasteiger charge is 2.08. The van der Waals surface area contributed by atoms with E-state index in [0.717, 1.165) is 25.5 Å². The lowest BCUT2D eigenvalue weighted by atomic mass is 10.2. The van der Waals surface area contributed by atoms with Gasteiger partial charge < -0.3 is 15.5 Å². The van der Waals surface area contributed by atoms with Crippen molar-refractivity contribution in [3.63, 3.8) is 0 Å². The minimum absolute atomic E-state index is 0.0595. The van der Waals surface area contributed by atoms with Gasteiger partial charge in [-0.05, 0) is 44.2 Å². The molecule has 140 valence electrons. The fourth-order valence-corrected chi connectivity index (χ4v) is 2.67. The molecule has 0 aliphatic carbocycles. The van der Waals surface area contributed by atoms with E-state index in [1.807, 2.05) is 20.9 Å². The molecule has 2 N–H and O–H groups in total. The normalized spacial score (nSPS) is 12.6. The SMILES string of the molecule is CCNC(=NCCC(=O)NC(C)CC)N(C)Cc1ccc(SC)cc1. The first-order valence-electron chi connectivity index (χ1n) is 8.91. The molecule has 0 radical (unpaired) electrons. The molecule has 0 aliphatic heterocycles. The molecule has 0 fully saturated rings. The number of thioether (sulfide) groups is 1. The van der Waals surface area contributed by atoms with E-state index in [1.54, 1.807) is 11.8 Å². The predicted octanol–water partition coefficient (Wildman–Crippen LogP) is 3.11. The Morgan fingerprint density at radius 1 is 1.28 bits per heavy atom. The Bertz CT molecular complexity index is 545. The van der Waals surface area contributed by atoms with Crippen molar-refractivity contribution in [3.8, 4) is 0 Å². The molecule has 0 aromatic heterocycles. The van der Waals surface area contributed by atoms with Crippen LogP contribution in [-0.2, 0) is 11.3 Å². The average molecular weight is 365 g/mol. The van der Waals surface area contributed by atoms with Crippen molar-refractivity contribution in [2.75, 3.05) is 26.4 Å². The number of nitrogens with zero attached hydrogens (tertiary/aromatic N) is 2. The second-order valence-electron chi connectivity index (χ2n) is 6.07. The Labute approximate surface area is 156 Å². The van der Waals surface area contributed by atoms with Crippen LogP contribution in [0.1, 0.15) is 39.2 Å². The fourth-order valence-electron chi connectivity index (χ4n) is 2.26. The van der Waals surface area contributed by atoms with E-state index in [9.17, 15) is 4.79 Å². The van der Waals surface area contributed by atoms with Crippen LogP contribution in [0.2, 0.25) is 0 Å². The molecular weight excluding hydrogens is 332 g/mol. The van der Waals surface area contributed by atoms with Gasteiger partial charge >= 0.3 is 0 Å². The van der Waals surface area contributed by atoms with Gasteiger partial charge in [0.05, 0.1) is 6.54 Å². The molecule has 0 heterocycles. The van der Waals surface area contributed by atoms with E-state index in [-0.39, 0.29) is 11.9 Å². The molecule has 0 aliphatic rings. The molecule has 5 nitrogen and oxygen atoms in total. The summed E-state index contributed by atoms with van der Waals surface area (Å²) >= 11 is 1.74. The zero-order valence-electron chi connectivity index (χ0n) is 16.1. The van der Waals surface area contributed by atoms with Crippen LogP contribution in [0.15, 0.2) is 34.2 Å². The summed E-state index contributed by atoms with van der Waals surface area (Å²) in [6.45, 7) is 8.19. The number of hydrogen-bond donors (Lipinski definition) is 2. The largest absolute Gasteiger partial charge is 0.357 e. The maximum Gasteiger partial charge on any atom is 0.222 e. The van der Waals surface area contributed by atoms with Gasteiger partial charge in [0.2, 0.25) is 5.91 Å². The lowest BCUT2D eigenvalue weighted by molar-refractivity contribution is -0.121. The fraction of sp³-hybridized carbons (Fsp3) is 0.579. The second kappa shape index (κ2) is 11.8. The topological polar surface area (TPSA) is 56.7 Å². The van der Waals surface area contributed by atoms with E-state index >= 15 is 0 Å². The number of carbonyl (C=O) groups excluding carboxylic acids is 1. The zero-order valence-corrected chi connectivity index (χ0v) is 16.9. The highest BCUT2D eigenvalue weighted by Crippen LogP contribution is 2.15. The number of aliphatic imine (C=N–C) groups is 1. The third-order valence-electron chi connectivity index (χ3n) is 3.90. The minimum Gasteiger partial charge on any atom is -0.357 e. The second-order valence-corrected chi connectivity index (χ2v) is 6.95. The molecule has 0 bridgehead atoms. The van der Waals surface area contributed by atoms with E-state index in [0.29, 0.717) is 13.0 Å². The number of hydrogen-bond acceptors (Lipinski definition) is 3. The molecular formula is C19H32N4OS. The molecule has 1 atom stereocenters. The van der Waals surface area contributed by atoms with Crippen molar-refractivity contribution < 1.29 is 4.79 Å². The summed E-state index contributed by atoms with van der Waals surface area (Å²) in [6, 6.07) is 8.78. The lowest BCUT2D eigenvalue weighted by Gasteiger charge is -2.22. The standard InChI is InChI=1S/C19H32N4OS/c1-6-15(3)22-18(24)12-13-21-19(20-7-2)23(4)14-16-8-10-17(25-5)11-9-16/h8-11,15H,6-7,12-14H2,1-5H3,(H,20,21)(H,22,24). The van der Waals surface area contributed by atoms with Crippen molar-refractivity contribution >= 4 is 23.6 Å². The number of guanidine groups is 1. The Balaban J connectivity index is 2.59. The molecule has 1 aromatic rings. The smallest absolute Gasteiger partial charge is 0.222 e. The number of carbonyl (C=O) groups is 1. The van der Waals surface area contributed by atoms with Gasteiger partial charge in [-0.25, -0.2) is 0 Å². The third-order valence-corrected chi connectivity index (χ3v) is 4.64. The highest BCUT2D eigenvalue weighted by atomic mass is 32.2. The lowest BCUT2D eigenvalue weighted by Crippen LogP contribution is -2.39. The van der Waals surface area contributed by atoms with Gasteiger partial charge in [0, 0.05) is 37.5 Å². The molecule has 6 heteroatoms. The van der Waals surface area contributed by atoms with Crippen molar-refractivity contribution in [1.29, 1.82) is 0 Å². The van der Waals surface area contributed by atoms with E-state index in [1.165, 1.54) is 10.5 Å². The van der Waals surface area contributed by atoms with E-state index < -0.39 is 0 Å². The van der Waals surface area contributed by atoms with E-state index in [4.69, 9.17) is 0 Å². The zero-order chi connectivity index (χ0) is 18.7. The van der Waals surface area contributed by atoms with Crippen LogP contribution in [0.3, 0.4) is 0 Å². The summed E-state index contributed by atoms with van der Waals surface area (Å²) in [4.78, 5) is 19.8. The average Bonchev–Trinajstić information content (AvgIpc) is 2.61. The van der Waals surface area contributed by atoms with Gasteiger partial charge in [0.25, 0.3) is 0 Å². The Hall–Kier alpha value is -1.69. The summed E-state index contributed by atoms with van der Waals surface area (Å²) in [7, 11) is 2.02. The van der Waals surface area contributed by atoms with Gasteiger partial charge in [-0.3, -0.25) is 9.79 Å². The molecule has 1 unspecified atom stereocenters. The first-order chi connectivity index (χ1) is 12.0. The minimum atomic E-state index is 0.0595. The van der Waals surface area contributed by atoms with Gasteiger partial charge in [0.15, 0.2) is 5.96 Å². The Morgan fingerprint density at radius 3 is 2.52 bits per heavy atom. The summed E-state index contributed by atoms with van der Waals surface area (Å²) in [5, 5.41) is 6.26. The maximum atomic E-state index is 11.9.